The number of hydrogen-bond donors (Lipinski definition) is 7. The molecule has 0 fully saturated rings. The molecule has 206 valence electrons. The van der Waals surface area contributed by atoms with Crippen LogP contribution in [0.25, 0.3) is 0 Å². The number of carboxylic acids is 2. The summed E-state index contributed by atoms with van der Waals surface area (Å²) in [4.78, 5) is 61.6. The van der Waals surface area contributed by atoms with Gasteiger partial charge in [-0.25, -0.2) is 4.79 Å². The van der Waals surface area contributed by atoms with Crippen LogP contribution < -0.4 is 27.4 Å². The number of carboxylic acid groups (broad SMARTS) is 2. The standard InChI is InChI=1S/C24H37N5O7S/c1-37-12-10-17(24(35)36)27-22(33)18(13-15-7-3-2-4-8-15)29-23(34)19(14-20(30)31)28-21(32)16(26)9-5-6-11-25/h2-4,7-8,16-19H,5-6,9-14,25-26H2,1H3,(H,27,33)(H,28,32)(H,29,34)(H,30,31)(H,35,36). The van der Waals surface area contributed by atoms with Crippen molar-refractivity contribution in [1.29, 1.82) is 0 Å². The molecule has 37 heavy (non-hydrogen) atoms. The van der Waals surface area contributed by atoms with E-state index in [9.17, 15) is 34.2 Å². The van der Waals surface area contributed by atoms with Gasteiger partial charge in [-0.2, -0.15) is 11.8 Å². The van der Waals surface area contributed by atoms with Crippen LogP contribution in [0.3, 0.4) is 0 Å². The Kier molecular flexibility index (Phi) is 14.9. The second-order valence-electron chi connectivity index (χ2n) is 8.48. The Hall–Kier alpha value is -3.16. The minimum atomic E-state index is -1.50. The predicted octanol–water partition coefficient (Wildman–Crippen LogP) is -0.548. The maximum atomic E-state index is 13.1. The lowest BCUT2D eigenvalue weighted by Crippen LogP contribution is -2.58. The summed E-state index contributed by atoms with van der Waals surface area (Å²) in [7, 11) is 0. The average Bonchev–Trinajstić information content (AvgIpc) is 2.85. The molecular weight excluding hydrogens is 502 g/mol. The van der Waals surface area contributed by atoms with E-state index in [0.717, 1.165) is 0 Å². The maximum absolute atomic E-state index is 13.1. The molecule has 0 saturated carbocycles. The van der Waals surface area contributed by atoms with Gasteiger partial charge in [-0.15, -0.1) is 0 Å². The van der Waals surface area contributed by atoms with Gasteiger partial charge in [0.2, 0.25) is 17.7 Å². The summed E-state index contributed by atoms with van der Waals surface area (Å²) in [5, 5.41) is 26.0. The van der Waals surface area contributed by atoms with E-state index in [1.165, 1.54) is 11.8 Å². The predicted molar refractivity (Wildman–Crippen MR) is 140 cm³/mol. The first kappa shape index (κ1) is 31.9. The molecule has 1 rings (SSSR count). The van der Waals surface area contributed by atoms with Crippen LogP contribution in [0.4, 0.5) is 0 Å². The molecule has 0 bridgehead atoms. The van der Waals surface area contributed by atoms with E-state index >= 15 is 0 Å². The molecule has 9 N–H and O–H groups in total. The third-order valence-electron chi connectivity index (χ3n) is 5.46. The highest BCUT2D eigenvalue weighted by Gasteiger charge is 2.31. The SMILES string of the molecule is CSCCC(NC(=O)C(Cc1ccccc1)NC(=O)C(CC(=O)O)NC(=O)C(N)CCCCN)C(=O)O. The van der Waals surface area contributed by atoms with E-state index in [1.54, 1.807) is 36.6 Å². The van der Waals surface area contributed by atoms with Crippen LogP contribution in [0, 0.1) is 0 Å². The van der Waals surface area contributed by atoms with Crippen LogP contribution in [-0.2, 0) is 30.4 Å². The molecule has 0 spiro atoms. The van der Waals surface area contributed by atoms with E-state index in [2.05, 4.69) is 16.0 Å². The summed E-state index contributed by atoms with van der Waals surface area (Å²) in [5.41, 5.74) is 12.0. The van der Waals surface area contributed by atoms with Crippen LogP contribution in [0.2, 0.25) is 0 Å². The third kappa shape index (κ3) is 12.6. The van der Waals surface area contributed by atoms with Gasteiger partial charge in [-0.3, -0.25) is 19.2 Å². The number of benzene rings is 1. The monoisotopic (exact) mass is 539 g/mol. The van der Waals surface area contributed by atoms with Gasteiger partial charge in [-0.1, -0.05) is 36.8 Å². The molecule has 0 aliphatic heterocycles. The Morgan fingerprint density at radius 2 is 1.46 bits per heavy atom. The first-order valence-corrected chi connectivity index (χ1v) is 13.3. The zero-order valence-electron chi connectivity index (χ0n) is 20.9. The summed E-state index contributed by atoms with van der Waals surface area (Å²) < 4.78 is 0. The molecule has 4 unspecified atom stereocenters. The Labute approximate surface area is 220 Å². The van der Waals surface area contributed by atoms with Crippen molar-refractivity contribution >= 4 is 41.4 Å². The van der Waals surface area contributed by atoms with Crippen molar-refractivity contribution < 1.29 is 34.2 Å². The number of aliphatic carboxylic acids is 2. The number of carbonyl (C=O) groups is 5. The topological polar surface area (TPSA) is 214 Å². The number of amides is 3. The number of thioether (sulfide) groups is 1. The van der Waals surface area contributed by atoms with Crippen molar-refractivity contribution in [1.82, 2.24) is 16.0 Å². The molecule has 0 aromatic heterocycles. The molecule has 0 saturated heterocycles. The van der Waals surface area contributed by atoms with Crippen LogP contribution in [-0.4, -0.2) is 82.6 Å². The number of nitrogens with one attached hydrogen (secondary N) is 3. The summed E-state index contributed by atoms with van der Waals surface area (Å²) in [6.45, 7) is 0.434. The Bertz CT molecular complexity index is 903. The molecule has 0 aliphatic carbocycles. The number of carbonyl (C=O) groups excluding carboxylic acids is 3. The van der Waals surface area contributed by atoms with Gasteiger partial charge in [-0.05, 0) is 43.4 Å². The van der Waals surface area contributed by atoms with Gasteiger partial charge < -0.3 is 37.6 Å². The van der Waals surface area contributed by atoms with Gasteiger partial charge >= 0.3 is 11.9 Å². The first-order valence-electron chi connectivity index (χ1n) is 11.9. The van der Waals surface area contributed by atoms with Gasteiger partial charge in [0.1, 0.15) is 18.1 Å². The molecule has 0 aliphatic rings. The lowest BCUT2D eigenvalue weighted by atomic mass is 10.0. The van der Waals surface area contributed by atoms with Gasteiger partial charge in [0, 0.05) is 6.42 Å². The number of nitrogens with two attached hydrogens (primary N) is 2. The number of rotatable bonds is 18. The van der Waals surface area contributed by atoms with Crippen molar-refractivity contribution in [2.24, 2.45) is 11.5 Å². The minimum Gasteiger partial charge on any atom is -0.481 e. The summed E-state index contributed by atoms with van der Waals surface area (Å²) in [6.07, 6.45) is 2.80. The summed E-state index contributed by atoms with van der Waals surface area (Å²) in [5.74, 6) is -4.42. The fourth-order valence-electron chi connectivity index (χ4n) is 3.40. The first-order chi connectivity index (χ1) is 17.6. The second-order valence-corrected chi connectivity index (χ2v) is 9.47. The van der Waals surface area contributed by atoms with E-state index in [-0.39, 0.29) is 12.8 Å². The van der Waals surface area contributed by atoms with Crippen LogP contribution in [0.5, 0.6) is 0 Å². The van der Waals surface area contributed by atoms with Crippen molar-refractivity contribution in [3.05, 3.63) is 35.9 Å². The smallest absolute Gasteiger partial charge is 0.326 e. The molecule has 1 aromatic rings. The van der Waals surface area contributed by atoms with Gasteiger partial charge in [0.05, 0.1) is 12.5 Å². The van der Waals surface area contributed by atoms with E-state index in [1.807, 2.05) is 0 Å². The van der Waals surface area contributed by atoms with Crippen LogP contribution >= 0.6 is 11.8 Å². The number of unbranched alkanes of at least 4 members (excludes halogenated alkanes) is 1. The summed E-state index contributed by atoms with van der Waals surface area (Å²) >= 11 is 1.42. The quantitative estimate of drug-likeness (QED) is 0.118. The van der Waals surface area contributed by atoms with E-state index in [4.69, 9.17) is 11.5 Å². The molecule has 13 heteroatoms. The molecule has 12 nitrogen and oxygen atoms in total. The Morgan fingerprint density at radius 1 is 0.865 bits per heavy atom. The van der Waals surface area contributed by atoms with E-state index in [0.29, 0.717) is 37.1 Å². The largest absolute Gasteiger partial charge is 0.481 e. The number of hydrogen-bond acceptors (Lipinski definition) is 8. The molecule has 1 aromatic carbocycles. The average molecular weight is 540 g/mol. The van der Waals surface area contributed by atoms with Crippen molar-refractivity contribution in [2.45, 2.75) is 62.7 Å². The molecule has 4 atom stereocenters. The fourth-order valence-corrected chi connectivity index (χ4v) is 3.87. The molecule has 0 heterocycles. The van der Waals surface area contributed by atoms with Crippen molar-refractivity contribution in [3.8, 4) is 0 Å². The molecule has 3 amide bonds. The maximum Gasteiger partial charge on any atom is 0.326 e. The van der Waals surface area contributed by atoms with Crippen LogP contribution in [0.1, 0.15) is 37.7 Å². The van der Waals surface area contributed by atoms with E-state index < -0.39 is 60.2 Å². The van der Waals surface area contributed by atoms with Gasteiger partial charge in [0.15, 0.2) is 0 Å². The zero-order chi connectivity index (χ0) is 27.8. The highest BCUT2D eigenvalue weighted by molar-refractivity contribution is 7.98. The van der Waals surface area contributed by atoms with Crippen LogP contribution in [0.15, 0.2) is 30.3 Å². The summed E-state index contributed by atoms with van der Waals surface area (Å²) in [6, 6.07) is 3.85. The lowest BCUT2D eigenvalue weighted by Gasteiger charge is -2.25. The van der Waals surface area contributed by atoms with Gasteiger partial charge in [0.25, 0.3) is 0 Å². The zero-order valence-corrected chi connectivity index (χ0v) is 21.7. The highest BCUT2D eigenvalue weighted by Crippen LogP contribution is 2.08. The van der Waals surface area contributed by atoms with Crippen molar-refractivity contribution in [3.63, 3.8) is 0 Å². The molecule has 0 radical (unpaired) electrons. The second kappa shape index (κ2) is 17.3. The highest BCUT2D eigenvalue weighted by atomic mass is 32.2. The fraction of sp³-hybridized carbons (Fsp3) is 0.542. The Balaban J connectivity index is 3.06. The minimum absolute atomic E-state index is 0.0135. The Morgan fingerprint density at radius 3 is 2.03 bits per heavy atom. The third-order valence-corrected chi connectivity index (χ3v) is 6.10. The van der Waals surface area contributed by atoms with Crippen molar-refractivity contribution in [2.75, 3.05) is 18.6 Å². The lowest BCUT2D eigenvalue weighted by molar-refractivity contribution is -0.143. The molecular formula is C24H37N5O7S. The normalized spacial score (nSPS) is 14.0.